The van der Waals surface area contributed by atoms with E-state index in [9.17, 15) is 14.4 Å². The van der Waals surface area contributed by atoms with Gasteiger partial charge in [0, 0.05) is 18.7 Å². The molecule has 1 aromatic rings. The van der Waals surface area contributed by atoms with Crippen LogP contribution in [0, 0.1) is 5.92 Å². The molecule has 0 radical (unpaired) electrons. The Bertz CT molecular complexity index is 696. The number of hydrogen-bond donors (Lipinski definition) is 1. The van der Waals surface area contributed by atoms with E-state index >= 15 is 0 Å². The number of carbonyl (C=O) groups is 3. The van der Waals surface area contributed by atoms with Gasteiger partial charge >= 0.3 is 5.97 Å². The monoisotopic (exact) mass is 400 g/mol. The predicted molar refractivity (Wildman–Crippen MR) is 99.3 cm³/mol. The maximum Gasteiger partial charge on any atom is 0.328 e. The Morgan fingerprint density at radius 2 is 2.04 bits per heavy atom. The maximum absolute atomic E-state index is 12.7. The lowest BCUT2D eigenvalue weighted by Gasteiger charge is -2.32. The van der Waals surface area contributed by atoms with Crippen LogP contribution in [0.25, 0.3) is 0 Å². The number of halogens is 2. The molecule has 1 fully saturated rings. The largest absolute Gasteiger partial charge is 0.464 e. The summed E-state index contributed by atoms with van der Waals surface area (Å²) >= 11 is 11.9. The Morgan fingerprint density at radius 1 is 1.31 bits per heavy atom. The number of likely N-dealkylation sites (tertiary alicyclic amines) is 1. The molecule has 0 spiro atoms. The van der Waals surface area contributed by atoms with Crippen molar-refractivity contribution in [2.75, 3.05) is 19.7 Å². The van der Waals surface area contributed by atoms with Crippen LogP contribution in [0.2, 0.25) is 10.0 Å². The fraction of sp³-hybridized carbons (Fsp3) is 0.500. The third kappa shape index (κ3) is 5.11. The smallest absolute Gasteiger partial charge is 0.328 e. The fourth-order valence-corrected chi connectivity index (χ4v) is 3.14. The molecule has 0 bridgehead atoms. The molecule has 1 N–H and O–H groups in total. The number of piperidine rings is 1. The Balaban J connectivity index is 1.99. The summed E-state index contributed by atoms with van der Waals surface area (Å²) in [4.78, 5) is 38.4. The number of carbonyl (C=O) groups excluding carboxylic acids is 3. The van der Waals surface area contributed by atoms with Crippen LogP contribution >= 0.6 is 23.2 Å². The first-order chi connectivity index (χ1) is 12.3. The van der Waals surface area contributed by atoms with Gasteiger partial charge in [-0.05, 0) is 44.9 Å². The lowest BCUT2D eigenvalue weighted by molar-refractivity contribution is -0.147. The topological polar surface area (TPSA) is 75.7 Å². The zero-order valence-electron chi connectivity index (χ0n) is 14.8. The van der Waals surface area contributed by atoms with Crippen molar-refractivity contribution in [2.24, 2.45) is 5.92 Å². The molecule has 1 aliphatic rings. The summed E-state index contributed by atoms with van der Waals surface area (Å²) in [5.74, 6) is -1.29. The van der Waals surface area contributed by atoms with E-state index in [0.29, 0.717) is 41.5 Å². The van der Waals surface area contributed by atoms with Crippen LogP contribution in [-0.4, -0.2) is 48.4 Å². The second-order valence-corrected chi connectivity index (χ2v) is 7.02. The minimum atomic E-state index is -0.719. The molecule has 2 amide bonds. The summed E-state index contributed by atoms with van der Waals surface area (Å²) in [5.41, 5.74) is 0.431. The van der Waals surface area contributed by atoms with Crippen LogP contribution in [0.15, 0.2) is 18.2 Å². The molecule has 0 aromatic heterocycles. The second kappa shape index (κ2) is 9.24. The molecular weight excluding hydrogens is 379 g/mol. The molecule has 0 saturated carbocycles. The quantitative estimate of drug-likeness (QED) is 0.770. The van der Waals surface area contributed by atoms with Crippen molar-refractivity contribution in [1.82, 2.24) is 10.2 Å². The average Bonchev–Trinajstić information content (AvgIpc) is 2.63. The van der Waals surface area contributed by atoms with Crippen LogP contribution in [0.3, 0.4) is 0 Å². The number of hydrogen-bond acceptors (Lipinski definition) is 4. The molecule has 0 aliphatic carbocycles. The number of benzene rings is 1. The van der Waals surface area contributed by atoms with E-state index in [-0.39, 0.29) is 24.3 Å². The van der Waals surface area contributed by atoms with E-state index in [1.807, 2.05) is 0 Å². The zero-order valence-corrected chi connectivity index (χ0v) is 16.3. The van der Waals surface area contributed by atoms with Crippen LogP contribution < -0.4 is 5.32 Å². The summed E-state index contributed by atoms with van der Waals surface area (Å²) < 4.78 is 4.89. The van der Waals surface area contributed by atoms with Crippen molar-refractivity contribution in [3.05, 3.63) is 33.8 Å². The van der Waals surface area contributed by atoms with E-state index in [4.69, 9.17) is 27.9 Å². The molecule has 2 unspecified atom stereocenters. The molecular formula is C18H22Cl2N2O4. The molecule has 2 atom stereocenters. The zero-order chi connectivity index (χ0) is 19.3. The van der Waals surface area contributed by atoms with Crippen molar-refractivity contribution in [3.8, 4) is 0 Å². The molecule has 2 rings (SSSR count). The highest BCUT2D eigenvalue weighted by molar-refractivity contribution is 6.42. The van der Waals surface area contributed by atoms with Crippen LogP contribution in [0.1, 0.15) is 37.0 Å². The minimum Gasteiger partial charge on any atom is -0.464 e. The molecule has 1 aromatic carbocycles. The molecule has 6 nitrogen and oxygen atoms in total. The molecule has 26 heavy (non-hydrogen) atoms. The Morgan fingerprint density at radius 3 is 2.69 bits per heavy atom. The van der Waals surface area contributed by atoms with Gasteiger partial charge in [0.2, 0.25) is 5.91 Å². The van der Waals surface area contributed by atoms with Crippen molar-refractivity contribution in [2.45, 2.75) is 32.7 Å². The summed E-state index contributed by atoms with van der Waals surface area (Å²) in [5, 5.41) is 3.35. The average molecular weight is 401 g/mol. The lowest BCUT2D eigenvalue weighted by Crippen LogP contribution is -2.48. The van der Waals surface area contributed by atoms with Gasteiger partial charge in [0.25, 0.3) is 5.91 Å². The van der Waals surface area contributed by atoms with E-state index in [2.05, 4.69) is 5.32 Å². The van der Waals surface area contributed by atoms with E-state index in [1.54, 1.807) is 30.9 Å². The highest BCUT2D eigenvalue weighted by Crippen LogP contribution is 2.25. The van der Waals surface area contributed by atoms with Crippen LogP contribution in [0.4, 0.5) is 0 Å². The number of rotatable bonds is 5. The summed E-state index contributed by atoms with van der Waals surface area (Å²) in [7, 11) is 0. The number of nitrogens with zero attached hydrogens (tertiary/aromatic N) is 1. The fourth-order valence-electron chi connectivity index (χ4n) is 2.84. The Labute approximate surface area is 162 Å². The third-order valence-corrected chi connectivity index (χ3v) is 4.98. The van der Waals surface area contributed by atoms with E-state index < -0.39 is 12.0 Å². The summed E-state index contributed by atoms with van der Waals surface area (Å²) in [6, 6.07) is 4.00. The van der Waals surface area contributed by atoms with Gasteiger partial charge in [0.1, 0.15) is 6.04 Å². The maximum atomic E-state index is 12.7. The number of nitrogens with one attached hydrogen (secondary N) is 1. The van der Waals surface area contributed by atoms with E-state index in [1.165, 1.54) is 6.07 Å². The predicted octanol–water partition coefficient (Wildman–Crippen LogP) is 2.91. The van der Waals surface area contributed by atoms with Gasteiger partial charge in [-0.15, -0.1) is 0 Å². The van der Waals surface area contributed by atoms with Crippen LogP contribution in [-0.2, 0) is 14.3 Å². The SMILES string of the molecule is CCOC(=O)C(C)NC(=O)C1CCCN(C(=O)c2ccc(Cl)c(Cl)c2)C1. The second-order valence-electron chi connectivity index (χ2n) is 6.20. The molecule has 8 heteroatoms. The van der Waals surface area contributed by atoms with Gasteiger partial charge in [-0.1, -0.05) is 23.2 Å². The highest BCUT2D eigenvalue weighted by atomic mass is 35.5. The highest BCUT2D eigenvalue weighted by Gasteiger charge is 2.30. The van der Waals surface area contributed by atoms with Gasteiger partial charge in [-0.2, -0.15) is 0 Å². The van der Waals surface area contributed by atoms with Gasteiger partial charge in [-0.25, -0.2) is 4.79 Å². The van der Waals surface area contributed by atoms with Gasteiger partial charge < -0.3 is 15.0 Å². The van der Waals surface area contributed by atoms with Gasteiger partial charge in [0.05, 0.1) is 22.6 Å². The van der Waals surface area contributed by atoms with Crippen molar-refractivity contribution < 1.29 is 19.1 Å². The van der Waals surface area contributed by atoms with Gasteiger partial charge in [-0.3, -0.25) is 9.59 Å². The third-order valence-electron chi connectivity index (χ3n) is 4.24. The number of ether oxygens (including phenoxy) is 1. The van der Waals surface area contributed by atoms with E-state index in [0.717, 1.165) is 0 Å². The molecule has 1 saturated heterocycles. The molecule has 1 heterocycles. The Hall–Kier alpha value is -1.79. The van der Waals surface area contributed by atoms with Crippen molar-refractivity contribution in [1.29, 1.82) is 0 Å². The number of esters is 1. The summed E-state index contributed by atoms with van der Waals surface area (Å²) in [6.07, 6.45) is 1.37. The van der Waals surface area contributed by atoms with Gasteiger partial charge in [0.15, 0.2) is 0 Å². The lowest BCUT2D eigenvalue weighted by atomic mass is 9.96. The first-order valence-electron chi connectivity index (χ1n) is 8.54. The van der Waals surface area contributed by atoms with Crippen molar-refractivity contribution in [3.63, 3.8) is 0 Å². The minimum absolute atomic E-state index is 0.195. The Kier molecular flexibility index (Phi) is 7.29. The first-order valence-corrected chi connectivity index (χ1v) is 9.30. The first kappa shape index (κ1) is 20.5. The standard InChI is InChI=1S/C18H22Cl2N2O4/c1-3-26-18(25)11(2)21-16(23)13-5-4-8-22(10-13)17(24)12-6-7-14(19)15(20)9-12/h6-7,9,11,13H,3-5,8,10H2,1-2H3,(H,21,23). The molecule has 142 valence electrons. The number of amides is 2. The normalized spacial score (nSPS) is 18.2. The molecule has 1 aliphatic heterocycles. The van der Waals surface area contributed by atoms with Crippen LogP contribution in [0.5, 0.6) is 0 Å². The van der Waals surface area contributed by atoms with Crippen molar-refractivity contribution >= 4 is 41.0 Å². The summed E-state index contributed by atoms with van der Waals surface area (Å²) in [6.45, 7) is 4.41.